The van der Waals surface area contributed by atoms with E-state index in [-0.39, 0.29) is 21.4 Å². The maximum absolute atomic E-state index is 13.1. The number of hydrogen-bond acceptors (Lipinski definition) is 4. The van der Waals surface area contributed by atoms with Gasteiger partial charge in [-0.3, -0.25) is 9.52 Å². The topological polar surface area (TPSA) is 69.7 Å². The normalized spacial score (nSPS) is 14.3. The van der Waals surface area contributed by atoms with E-state index in [0.717, 1.165) is 5.69 Å². The number of piperazine rings is 1. The van der Waals surface area contributed by atoms with E-state index in [9.17, 15) is 13.2 Å². The largest absolute Gasteiger partial charge is 0.368 e. The van der Waals surface area contributed by atoms with Crippen molar-refractivity contribution in [1.82, 2.24) is 4.90 Å². The summed E-state index contributed by atoms with van der Waals surface area (Å²) in [6.45, 7) is 2.33. The van der Waals surface area contributed by atoms with Crippen LogP contribution in [0.5, 0.6) is 0 Å². The van der Waals surface area contributed by atoms with Gasteiger partial charge in [0.2, 0.25) is 0 Å². The van der Waals surface area contributed by atoms with Gasteiger partial charge >= 0.3 is 0 Å². The number of carbonyl (C=O) groups excluding carboxylic acids is 1. The quantitative estimate of drug-likeness (QED) is 0.560. The minimum Gasteiger partial charge on any atom is -0.368 e. The maximum atomic E-state index is 13.1. The van der Waals surface area contributed by atoms with Gasteiger partial charge in [-0.1, -0.05) is 47.5 Å². The lowest BCUT2D eigenvalue weighted by molar-refractivity contribution is 0.0746. The highest BCUT2D eigenvalue weighted by atomic mass is 35.5. The van der Waals surface area contributed by atoms with E-state index in [1.165, 1.54) is 12.1 Å². The van der Waals surface area contributed by atoms with Crippen LogP contribution in [-0.4, -0.2) is 45.4 Å². The Morgan fingerprint density at radius 3 is 2.25 bits per heavy atom. The number of nitrogens with one attached hydrogen (secondary N) is 1. The summed E-state index contributed by atoms with van der Waals surface area (Å²) in [5.74, 6) is -0.233. The molecule has 0 aromatic heterocycles. The maximum Gasteiger partial charge on any atom is 0.263 e. The molecule has 1 N–H and O–H groups in total. The molecular weight excluding hydrogens is 469 g/mol. The lowest BCUT2D eigenvalue weighted by atomic mass is 10.1. The summed E-state index contributed by atoms with van der Waals surface area (Å²) in [4.78, 5) is 16.8. The number of sulfonamides is 1. The number of benzene rings is 3. The molecule has 9 heteroatoms. The second-order valence-corrected chi connectivity index (χ2v) is 9.87. The molecule has 166 valence electrons. The van der Waals surface area contributed by atoms with Crippen LogP contribution < -0.4 is 9.62 Å². The van der Waals surface area contributed by atoms with Gasteiger partial charge < -0.3 is 9.80 Å². The molecule has 1 amide bonds. The van der Waals surface area contributed by atoms with Crippen LogP contribution in [0.25, 0.3) is 0 Å². The molecule has 4 rings (SSSR count). The molecule has 0 spiro atoms. The third-order valence-electron chi connectivity index (χ3n) is 5.23. The fourth-order valence-electron chi connectivity index (χ4n) is 3.58. The predicted octanol–water partition coefficient (Wildman–Crippen LogP) is 4.76. The number of amides is 1. The molecule has 0 atom stereocenters. The molecular formula is C23H21Cl2N3O3S. The Kier molecular flexibility index (Phi) is 6.60. The molecule has 1 saturated heterocycles. The first-order chi connectivity index (χ1) is 15.3. The van der Waals surface area contributed by atoms with E-state index in [1.54, 1.807) is 41.3 Å². The number of anilines is 2. The highest BCUT2D eigenvalue weighted by Crippen LogP contribution is 2.26. The van der Waals surface area contributed by atoms with Crippen LogP contribution in [0, 0.1) is 0 Å². The first kappa shape index (κ1) is 22.5. The minimum absolute atomic E-state index is 0.0516. The molecule has 0 aliphatic carbocycles. The van der Waals surface area contributed by atoms with Gasteiger partial charge in [-0.05, 0) is 48.5 Å². The van der Waals surface area contributed by atoms with Crippen molar-refractivity contribution in [2.24, 2.45) is 0 Å². The molecule has 0 unspecified atom stereocenters. The Morgan fingerprint density at radius 1 is 0.844 bits per heavy atom. The van der Waals surface area contributed by atoms with E-state index in [0.29, 0.717) is 36.9 Å². The number of halogens is 2. The van der Waals surface area contributed by atoms with E-state index >= 15 is 0 Å². The molecule has 6 nitrogen and oxygen atoms in total. The van der Waals surface area contributed by atoms with Gasteiger partial charge in [0.05, 0.1) is 5.02 Å². The predicted molar refractivity (Wildman–Crippen MR) is 128 cm³/mol. The Hall–Kier alpha value is -2.74. The van der Waals surface area contributed by atoms with E-state index in [2.05, 4.69) is 9.62 Å². The van der Waals surface area contributed by atoms with E-state index < -0.39 is 10.0 Å². The summed E-state index contributed by atoms with van der Waals surface area (Å²) in [6, 6.07) is 20.4. The molecule has 3 aromatic carbocycles. The lowest BCUT2D eigenvalue weighted by Crippen LogP contribution is -2.48. The van der Waals surface area contributed by atoms with E-state index in [1.807, 2.05) is 24.3 Å². The summed E-state index contributed by atoms with van der Waals surface area (Å²) in [7, 11) is -3.95. The fraction of sp³-hybridized carbons (Fsp3) is 0.174. The zero-order chi connectivity index (χ0) is 22.7. The van der Waals surface area contributed by atoms with Crippen molar-refractivity contribution >= 4 is 50.5 Å². The monoisotopic (exact) mass is 489 g/mol. The van der Waals surface area contributed by atoms with Crippen molar-refractivity contribution in [1.29, 1.82) is 0 Å². The second-order valence-electron chi connectivity index (χ2n) is 7.38. The van der Waals surface area contributed by atoms with Gasteiger partial charge in [-0.2, -0.15) is 0 Å². The molecule has 1 aliphatic heterocycles. The number of para-hydroxylation sites is 1. The van der Waals surface area contributed by atoms with Crippen LogP contribution in [0.3, 0.4) is 0 Å². The lowest BCUT2D eigenvalue weighted by Gasteiger charge is -2.36. The summed E-state index contributed by atoms with van der Waals surface area (Å²) in [6.07, 6.45) is 0. The number of carbonyl (C=O) groups is 1. The molecule has 1 aliphatic rings. The van der Waals surface area contributed by atoms with Crippen LogP contribution >= 0.6 is 23.2 Å². The van der Waals surface area contributed by atoms with Crippen LogP contribution in [0.15, 0.2) is 77.7 Å². The van der Waals surface area contributed by atoms with Gasteiger partial charge in [0, 0.05) is 48.1 Å². The second kappa shape index (κ2) is 9.40. The summed E-state index contributed by atoms with van der Waals surface area (Å²) in [5, 5.41) is 0.718. The van der Waals surface area contributed by atoms with Crippen LogP contribution in [0.4, 0.5) is 11.4 Å². The zero-order valence-electron chi connectivity index (χ0n) is 17.0. The third-order valence-corrected chi connectivity index (χ3v) is 7.33. The molecule has 1 heterocycles. The molecule has 0 saturated carbocycles. The van der Waals surface area contributed by atoms with Crippen LogP contribution in [0.1, 0.15) is 10.4 Å². The van der Waals surface area contributed by atoms with Gasteiger partial charge in [0.25, 0.3) is 15.9 Å². The van der Waals surface area contributed by atoms with Crippen molar-refractivity contribution < 1.29 is 13.2 Å². The summed E-state index contributed by atoms with van der Waals surface area (Å²) < 4.78 is 28.2. The molecule has 3 aromatic rings. The smallest absolute Gasteiger partial charge is 0.263 e. The average Bonchev–Trinajstić information content (AvgIpc) is 2.79. The highest BCUT2D eigenvalue weighted by Gasteiger charge is 2.25. The van der Waals surface area contributed by atoms with Crippen molar-refractivity contribution in [2.45, 2.75) is 4.90 Å². The van der Waals surface area contributed by atoms with Crippen molar-refractivity contribution in [2.75, 3.05) is 35.8 Å². The SMILES string of the molecule is O=C(c1ccc(Cl)c(S(=O)(=O)Nc2ccccc2)c1)N1CCN(c2cccc(Cl)c2)CC1. The number of nitrogens with zero attached hydrogens (tertiary/aromatic N) is 2. The first-order valence-corrected chi connectivity index (χ1v) is 12.2. The number of rotatable bonds is 5. The van der Waals surface area contributed by atoms with Crippen molar-refractivity contribution in [3.05, 3.63) is 88.4 Å². The summed E-state index contributed by atoms with van der Waals surface area (Å²) >= 11 is 12.3. The minimum atomic E-state index is -3.95. The van der Waals surface area contributed by atoms with Crippen molar-refractivity contribution in [3.8, 4) is 0 Å². The highest BCUT2D eigenvalue weighted by molar-refractivity contribution is 7.92. The molecule has 32 heavy (non-hydrogen) atoms. The Balaban J connectivity index is 1.49. The molecule has 0 bridgehead atoms. The fourth-order valence-corrected chi connectivity index (χ4v) is 5.35. The van der Waals surface area contributed by atoms with Crippen LogP contribution in [0.2, 0.25) is 10.0 Å². The Morgan fingerprint density at radius 2 is 1.56 bits per heavy atom. The zero-order valence-corrected chi connectivity index (χ0v) is 19.4. The van der Waals surface area contributed by atoms with Gasteiger partial charge in [0.1, 0.15) is 4.90 Å². The average molecular weight is 490 g/mol. The Labute approximate surface area is 197 Å². The number of hydrogen-bond donors (Lipinski definition) is 1. The van der Waals surface area contributed by atoms with Gasteiger partial charge in [0.15, 0.2) is 0 Å². The molecule has 1 fully saturated rings. The Bertz CT molecular complexity index is 1230. The van der Waals surface area contributed by atoms with Crippen molar-refractivity contribution in [3.63, 3.8) is 0 Å². The summed E-state index contributed by atoms with van der Waals surface area (Å²) in [5.41, 5.74) is 1.70. The van der Waals surface area contributed by atoms with Gasteiger partial charge in [-0.25, -0.2) is 8.42 Å². The molecule has 0 radical (unpaired) electrons. The standard InChI is InChI=1S/C23H21Cl2N3O3S/c24-18-5-4-8-20(16-18)27-11-13-28(14-12-27)23(29)17-9-10-21(25)22(15-17)32(30,31)26-19-6-2-1-3-7-19/h1-10,15-16,26H,11-14H2. The first-order valence-electron chi connectivity index (χ1n) is 10.0. The van der Waals surface area contributed by atoms with Gasteiger partial charge in [-0.15, -0.1) is 0 Å². The van der Waals surface area contributed by atoms with E-state index in [4.69, 9.17) is 23.2 Å². The van der Waals surface area contributed by atoms with Crippen LogP contribution in [-0.2, 0) is 10.0 Å². The third kappa shape index (κ3) is 5.01.